The van der Waals surface area contributed by atoms with E-state index in [4.69, 9.17) is 5.73 Å². The van der Waals surface area contributed by atoms with Crippen molar-refractivity contribution in [1.29, 1.82) is 0 Å². The van der Waals surface area contributed by atoms with Gasteiger partial charge in [-0.15, -0.1) is 0 Å². The Balaban J connectivity index is 1.86. The molecule has 1 saturated heterocycles. The van der Waals surface area contributed by atoms with Crippen molar-refractivity contribution in [3.05, 3.63) is 36.0 Å². The molecule has 2 N–H and O–H groups in total. The van der Waals surface area contributed by atoms with Crippen LogP contribution in [0.1, 0.15) is 24.8 Å². The van der Waals surface area contributed by atoms with Crippen LogP contribution in [0.15, 0.2) is 30.5 Å². The highest BCUT2D eigenvalue weighted by molar-refractivity contribution is 5.81. The van der Waals surface area contributed by atoms with Gasteiger partial charge in [0.1, 0.15) is 0 Å². The van der Waals surface area contributed by atoms with Crippen LogP contribution in [-0.2, 0) is 11.8 Å². The van der Waals surface area contributed by atoms with Crippen LogP contribution in [0.2, 0.25) is 0 Å². The lowest BCUT2D eigenvalue weighted by Crippen LogP contribution is -2.48. The first-order chi connectivity index (χ1) is 9.56. The molecule has 4 heteroatoms. The van der Waals surface area contributed by atoms with Crippen molar-refractivity contribution >= 4 is 16.8 Å². The highest BCUT2D eigenvalue weighted by atomic mass is 16.2. The van der Waals surface area contributed by atoms with E-state index >= 15 is 0 Å². The van der Waals surface area contributed by atoms with Crippen LogP contribution in [0, 0.1) is 0 Å². The third-order valence-corrected chi connectivity index (χ3v) is 4.44. The van der Waals surface area contributed by atoms with E-state index in [2.05, 4.69) is 42.1 Å². The second-order valence-corrected chi connectivity index (χ2v) is 5.77. The van der Waals surface area contributed by atoms with Gasteiger partial charge in [-0.1, -0.05) is 6.07 Å². The number of nitrogens with two attached hydrogens (primary N) is 1. The van der Waals surface area contributed by atoms with Gasteiger partial charge in [0.2, 0.25) is 5.91 Å². The Labute approximate surface area is 119 Å². The van der Waals surface area contributed by atoms with E-state index in [-0.39, 0.29) is 11.9 Å². The lowest BCUT2D eigenvalue weighted by Gasteiger charge is -2.36. The van der Waals surface area contributed by atoms with Crippen LogP contribution in [0.5, 0.6) is 0 Å². The number of aryl methyl sites for hydroxylation is 1. The lowest BCUT2D eigenvalue weighted by molar-refractivity contribution is -0.130. The highest BCUT2D eigenvalue weighted by Gasteiger charge is 2.28. The predicted molar refractivity (Wildman–Crippen MR) is 80.5 cm³/mol. The summed E-state index contributed by atoms with van der Waals surface area (Å²) >= 11 is 0. The Morgan fingerprint density at radius 3 is 2.85 bits per heavy atom. The highest BCUT2D eigenvalue weighted by Crippen LogP contribution is 2.29. The lowest BCUT2D eigenvalue weighted by atomic mass is 9.85. The number of carbonyl (C=O) groups excluding carboxylic acids is 1. The summed E-state index contributed by atoms with van der Waals surface area (Å²) in [6.45, 7) is 3.08. The smallest absolute Gasteiger partial charge is 0.219 e. The molecule has 2 heterocycles. The topological polar surface area (TPSA) is 51.3 Å². The average molecular weight is 271 g/mol. The molecule has 0 saturated carbocycles. The molecule has 2 atom stereocenters. The van der Waals surface area contributed by atoms with Gasteiger partial charge >= 0.3 is 0 Å². The largest absolute Gasteiger partial charge is 0.351 e. The number of hydrogen-bond donors (Lipinski definition) is 1. The van der Waals surface area contributed by atoms with Crippen LogP contribution in [0.3, 0.4) is 0 Å². The van der Waals surface area contributed by atoms with E-state index in [0.29, 0.717) is 12.5 Å². The molecule has 2 unspecified atom stereocenters. The number of piperidine rings is 1. The maximum Gasteiger partial charge on any atom is 0.219 e. The molecule has 1 amide bonds. The molecule has 4 nitrogen and oxygen atoms in total. The van der Waals surface area contributed by atoms with Crippen molar-refractivity contribution in [3.63, 3.8) is 0 Å². The van der Waals surface area contributed by atoms with Crippen molar-refractivity contribution in [3.8, 4) is 0 Å². The predicted octanol–water partition coefficient (Wildman–Crippen LogP) is 1.84. The van der Waals surface area contributed by atoms with E-state index in [9.17, 15) is 4.79 Å². The Morgan fingerprint density at radius 2 is 2.15 bits per heavy atom. The monoisotopic (exact) mass is 271 g/mol. The standard InChI is InChI=1S/C16H21N3O/c1-11(20)19-8-6-14(15(17)10-19)12-3-4-16-13(9-12)5-7-18(16)2/h3-5,7,9,14-15H,6,8,10,17H2,1-2H3. The fourth-order valence-electron chi connectivity index (χ4n) is 3.21. The summed E-state index contributed by atoms with van der Waals surface area (Å²) in [5.41, 5.74) is 8.82. The Hall–Kier alpha value is -1.81. The molecule has 1 fully saturated rings. The van der Waals surface area contributed by atoms with E-state index < -0.39 is 0 Å². The Morgan fingerprint density at radius 1 is 1.35 bits per heavy atom. The second-order valence-electron chi connectivity index (χ2n) is 5.77. The molecule has 106 valence electrons. The fourth-order valence-corrected chi connectivity index (χ4v) is 3.21. The second kappa shape index (κ2) is 4.94. The number of carbonyl (C=O) groups is 1. The van der Waals surface area contributed by atoms with Gasteiger partial charge in [-0.05, 0) is 35.6 Å². The molecule has 1 aromatic heterocycles. The third kappa shape index (κ3) is 2.20. The van der Waals surface area contributed by atoms with Crippen LogP contribution < -0.4 is 5.73 Å². The number of likely N-dealkylation sites (tertiary alicyclic amines) is 1. The fraction of sp³-hybridized carbons (Fsp3) is 0.438. The number of fused-ring (bicyclic) bond motifs is 1. The van der Waals surface area contributed by atoms with Crippen molar-refractivity contribution in [2.75, 3.05) is 13.1 Å². The van der Waals surface area contributed by atoms with Crippen molar-refractivity contribution in [1.82, 2.24) is 9.47 Å². The molecule has 3 rings (SSSR count). The quantitative estimate of drug-likeness (QED) is 0.860. The molecule has 1 aliphatic heterocycles. The third-order valence-electron chi connectivity index (χ3n) is 4.44. The zero-order valence-corrected chi connectivity index (χ0v) is 12.0. The Kier molecular flexibility index (Phi) is 3.26. The molecular formula is C16H21N3O. The summed E-state index contributed by atoms with van der Waals surface area (Å²) in [6.07, 6.45) is 3.02. The molecular weight excluding hydrogens is 250 g/mol. The zero-order valence-electron chi connectivity index (χ0n) is 12.0. The average Bonchev–Trinajstić information content (AvgIpc) is 2.79. The minimum Gasteiger partial charge on any atom is -0.351 e. The molecule has 0 aliphatic carbocycles. The van der Waals surface area contributed by atoms with Gasteiger partial charge in [0.05, 0.1) is 0 Å². The summed E-state index contributed by atoms with van der Waals surface area (Å²) < 4.78 is 2.12. The minimum atomic E-state index is 0.0220. The maximum absolute atomic E-state index is 11.4. The van der Waals surface area contributed by atoms with E-state index in [1.165, 1.54) is 16.5 Å². The number of aromatic nitrogens is 1. The van der Waals surface area contributed by atoms with E-state index in [0.717, 1.165) is 13.0 Å². The first kappa shape index (κ1) is 13.2. The van der Waals surface area contributed by atoms with Gasteiger partial charge in [0, 0.05) is 50.7 Å². The molecule has 1 aliphatic rings. The molecule has 2 aromatic rings. The van der Waals surface area contributed by atoms with Crippen LogP contribution >= 0.6 is 0 Å². The zero-order chi connectivity index (χ0) is 14.3. The number of benzene rings is 1. The summed E-state index contributed by atoms with van der Waals surface area (Å²) in [7, 11) is 2.05. The molecule has 0 radical (unpaired) electrons. The summed E-state index contributed by atoms with van der Waals surface area (Å²) in [6, 6.07) is 8.73. The Bertz CT molecular complexity index is 646. The van der Waals surface area contributed by atoms with Gasteiger partial charge in [-0.2, -0.15) is 0 Å². The van der Waals surface area contributed by atoms with E-state index in [1.807, 2.05) is 4.90 Å². The van der Waals surface area contributed by atoms with Gasteiger partial charge < -0.3 is 15.2 Å². The van der Waals surface area contributed by atoms with E-state index in [1.54, 1.807) is 6.92 Å². The van der Waals surface area contributed by atoms with Crippen molar-refractivity contribution < 1.29 is 4.79 Å². The van der Waals surface area contributed by atoms with Crippen molar-refractivity contribution in [2.45, 2.75) is 25.3 Å². The normalized spacial score (nSPS) is 23.2. The molecule has 20 heavy (non-hydrogen) atoms. The number of amides is 1. The molecule has 0 spiro atoms. The SMILES string of the molecule is CC(=O)N1CCC(c2ccc3c(ccn3C)c2)C(N)C1. The number of rotatable bonds is 1. The molecule has 0 bridgehead atoms. The summed E-state index contributed by atoms with van der Waals surface area (Å²) in [5, 5.41) is 1.26. The summed E-state index contributed by atoms with van der Waals surface area (Å²) in [5.74, 6) is 0.465. The van der Waals surface area contributed by atoms with Gasteiger partial charge in [-0.25, -0.2) is 0 Å². The van der Waals surface area contributed by atoms with Crippen molar-refractivity contribution in [2.24, 2.45) is 12.8 Å². The van der Waals surface area contributed by atoms with Gasteiger partial charge in [0.25, 0.3) is 0 Å². The maximum atomic E-state index is 11.4. The first-order valence-corrected chi connectivity index (χ1v) is 7.12. The van der Waals surface area contributed by atoms with Gasteiger partial charge in [-0.3, -0.25) is 4.79 Å². The van der Waals surface area contributed by atoms with Crippen LogP contribution in [-0.4, -0.2) is 34.5 Å². The summed E-state index contributed by atoms with van der Waals surface area (Å²) in [4.78, 5) is 13.3. The number of hydrogen-bond acceptors (Lipinski definition) is 2. The first-order valence-electron chi connectivity index (χ1n) is 7.12. The number of nitrogens with zero attached hydrogens (tertiary/aromatic N) is 2. The van der Waals surface area contributed by atoms with Gasteiger partial charge in [0.15, 0.2) is 0 Å². The van der Waals surface area contributed by atoms with Crippen LogP contribution in [0.4, 0.5) is 0 Å². The minimum absolute atomic E-state index is 0.0220. The molecule has 1 aromatic carbocycles. The van der Waals surface area contributed by atoms with Crippen LogP contribution in [0.25, 0.3) is 10.9 Å².